The molecule has 0 bridgehead atoms. The molecule has 0 aliphatic heterocycles. The second-order valence-electron chi connectivity index (χ2n) is 5.61. The van der Waals surface area contributed by atoms with E-state index in [0.717, 1.165) is 44.3 Å². The van der Waals surface area contributed by atoms with Crippen molar-refractivity contribution in [3.63, 3.8) is 0 Å². The van der Waals surface area contributed by atoms with Gasteiger partial charge in [0, 0.05) is 11.0 Å². The SMILES string of the molecule is CCCCOc1ccc(P(=O)(O)C2CCCCC2)cc1. The van der Waals surface area contributed by atoms with Crippen molar-refractivity contribution in [3.8, 4) is 5.75 Å². The summed E-state index contributed by atoms with van der Waals surface area (Å²) in [6.07, 6.45) is 7.24. The summed E-state index contributed by atoms with van der Waals surface area (Å²) in [7, 11) is -3.23. The van der Waals surface area contributed by atoms with Gasteiger partial charge in [0.2, 0.25) is 7.37 Å². The maximum atomic E-state index is 12.7. The quantitative estimate of drug-likeness (QED) is 0.635. The van der Waals surface area contributed by atoms with Crippen LogP contribution in [-0.4, -0.2) is 17.2 Å². The lowest BCUT2D eigenvalue weighted by Crippen LogP contribution is -2.20. The number of ether oxygens (including phenoxy) is 1. The smallest absolute Gasteiger partial charge is 0.232 e. The van der Waals surface area contributed by atoms with E-state index >= 15 is 0 Å². The molecule has 1 aromatic carbocycles. The van der Waals surface area contributed by atoms with Crippen LogP contribution in [0.25, 0.3) is 0 Å². The highest BCUT2D eigenvalue weighted by molar-refractivity contribution is 7.66. The Morgan fingerprint density at radius 3 is 2.45 bits per heavy atom. The van der Waals surface area contributed by atoms with E-state index in [4.69, 9.17) is 4.74 Å². The Hall–Kier alpha value is -0.790. The van der Waals surface area contributed by atoms with Gasteiger partial charge in [-0.15, -0.1) is 0 Å². The minimum atomic E-state index is -3.23. The molecule has 112 valence electrons. The fourth-order valence-corrected chi connectivity index (χ4v) is 4.80. The van der Waals surface area contributed by atoms with Crippen molar-refractivity contribution in [1.82, 2.24) is 0 Å². The molecule has 20 heavy (non-hydrogen) atoms. The topological polar surface area (TPSA) is 46.5 Å². The van der Waals surface area contributed by atoms with Crippen LogP contribution in [0, 0.1) is 0 Å². The zero-order valence-electron chi connectivity index (χ0n) is 12.3. The molecule has 4 heteroatoms. The van der Waals surface area contributed by atoms with Gasteiger partial charge in [-0.3, -0.25) is 4.57 Å². The molecule has 0 amide bonds. The summed E-state index contributed by atoms with van der Waals surface area (Å²) < 4.78 is 18.2. The van der Waals surface area contributed by atoms with Crippen LogP contribution in [0.1, 0.15) is 51.9 Å². The molecule has 1 atom stereocenters. The van der Waals surface area contributed by atoms with Crippen molar-refractivity contribution in [2.45, 2.75) is 57.5 Å². The second-order valence-corrected chi connectivity index (χ2v) is 8.10. The fraction of sp³-hybridized carbons (Fsp3) is 0.625. The summed E-state index contributed by atoms with van der Waals surface area (Å²) >= 11 is 0. The van der Waals surface area contributed by atoms with Gasteiger partial charge >= 0.3 is 0 Å². The number of benzene rings is 1. The zero-order valence-corrected chi connectivity index (χ0v) is 13.1. The van der Waals surface area contributed by atoms with Gasteiger partial charge in [-0.2, -0.15) is 0 Å². The van der Waals surface area contributed by atoms with Crippen LogP contribution in [-0.2, 0) is 4.57 Å². The molecule has 1 aliphatic carbocycles. The van der Waals surface area contributed by atoms with Crippen molar-refractivity contribution in [3.05, 3.63) is 24.3 Å². The van der Waals surface area contributed by atoms with E-state index in [9.17, 15) is 9.46 Å². The van der Waals surface area contributed by atoms with Crippen LogP contribution in [0.5, 0.6) is 5.75 Å². The average molecular weight is 296 g/mol. The van der Waals surface area contributed by atoms with Gasteiger partial charge < -0.3 is 9.63 Å². The van der Waals surface area contributed by atoms with Crippen LogP contribution in [0.15, 0.2) is 24.3 Å². The molecule has 1 aromatic rings. The number of hydrogen-bond donors (Lipinski definition) is 1. The lowest BCUT2D eigenvalue weighted by molar-refractivity contribution is 0.309. The molecular weight excluding hydrogens is 271 g/mol. The highest BCUT2D eigenvalue weighted by atomic mass is 31.2. The van der Waals surface area contributed by atoms with Crippen LogP contribution in [0.4, 0.5) is 0 Å². The highest BCUT2D eigenvalue weighted by Crippen LogP contribution is 2.50. The third-order valence-electron chi connectivity index (χ3n) is 4.04. The molecule has 0 radical (unpaired) electrons. The molecule has 0 heterocycles. The van der Waals surface area contributed by atoms with E-state index in [1.54, 1.807) is 12.1 Å². The van der Waals surface area contributed by atoms with Crippen molar-refractivity contribution in [1.29, 1.82) is 0 Å². The van der Waals surface area contributed by atoms with Gasteiger partial charge in [-0.1, -0.05) is 32.6 Å². The lowest BCUT2D eigenvalue weighted by Gasteiger charge is -2.26. The zero-order chi connectivity index (χ0) is 14.4. The Bertz CT molecular complexity index is 449. The lowest BCUT2D eigenvalue weighted by atomic mass is 10.0. The van der Waals surface area contributed by atoms with Crippen LogP contribution < -0.4 is 10.0 Å². The second kappa shape index (κ2) is 7.28. The Morgan fingerprint density at radius 2 is 1.85 bits per heavy atom. The summed E-state index contributed by atoms with van der Waals surface area (Å²) in [5.74, 6) is 0.783. The first-order chi connectivity index (χ1) is 9.64. The number of unbranched alkanes of at least 4 members (excludes halogenated alkanes) is 1. The summed E-state index contributed by atoms with van der Waals surface area (Å²) in [5, 5.41) is 0.576. The first kappa shape index (κ1) is 15.6. The van der Waals surface area contributed by atoms with E-state index in [2.05, 4.69) is 6.92 Å². The maximum Gasteiger partial charge on any atom is 0.232 e. The van der Waals surface area contributed by atoms with E-state index in [1.165, 1.54) is 6.42 Å². The van der Waals surface area contributed by atoms with E-state index in [0.29, 0.717) is 11.9 Å². The molecule has 1 N–H and O–H groups in total. The van der Waals surface area contributed by atoms with Crippen molar-refractivity contribution in [2.24, 2.45) is 0 Å². The molecule has 1 saturated carbocycles. The number of rotatable bonds is 6. The molecule has 1 unspecified atom stereocenters. The van der Waals surface area contributed by atoms with Gasteiger partial charge in [0.05, 0.1) is 6.61 Å². The largest absolute Gasteiger partial charge is 0.494 e. The van der Waals surface area contributed by atoms with Crippen molar-refractivity contribution in [2.75, 3.05) is 6.61 Å². The van der Waals surface area contributed by atoms with Gasteiger partial charge in [0.25, 0.3) is 0 Å². The summed E-state index contributed by atoms with van der Waals surface area (Å²) in [5.41, 5.74) is -0.0527. The predicted molar refractivity (Wildman–Crippen MR) is 83.2 cm³/mol. The van der Waals surface area contributed by atoms with Crippen LogP contribution in [0.3, 0.4) is 0 Å². The van der Waals surface area contributed by atoms with Gasteiger partial charge in [-0.25, -0.2) is 0 Å². The number of hydrogen-bond acceptors (Lipinski definition) is 2. The Kier molecular flexibility index (Phi) is 5.68. The molecule has 0 saturated heterocycles. The predicted octanol–water partition coefficient (Wildman–Crippen LogP) is 4.09. The molecule has 3 nitrogen and oxygen atoms in total. The highest BCUT2D eigenvalue weighted by Gasteiger charge is 2.33. The first-order valence-corrected chi connectivity index (χ1v) is 9.43. The van der Waals surface area contributed by atoms with E-state index in [1.807, 2.05) is 12.1 Å². The third kappa shape index (κ3) is 3.86. The minimum Gasteiger partial charge on any atom is -0.494 e. The third-order valence-corrected chi connectivity index (χ3v) is 6.59. The molecule has 0 spiro atoms. The van der Waals surface area contributed by atoms with E-state index in [-0.39, 0.29) is 5.66 Å². The minimum absolute atomic E-state index is 0.0527. The van der Waals surface area contributed by atoms with Crippen LogP contribution in [0.2, 0.25) is 0 Å². The molecule has 2 rings (SSSR count). The van der Waals surface area contributed by atoms with Gasteiger partial charge in [-0.05, 0) is 43.5 Å². The average Bonchev–Trinajstić information content (AvgIpc) is 2.49. The molecule has 1 aliphatic rings. The molecular formula is C16H25O3P. The van der Waals surface area contributed by atoms with Crippen molar-refractivity contribution >= 4 is 12.7 Å². The van der Waals surface area contributed by atoms with Gasteiger partial charge in [0.1, 0.15) is 5.75 Å². The molecule has 0 aromatic heterocycles. The molecule has 1 fully saturated rings. The Balaban J connectivity index is 2.02. The normalized spacial score (nSPS) is 19.5. The van der Waals surface area contributed by atoms with Crippen LogP contribution >= 0.6 is 7.37 Å². The summed E-state index contributed by atoms with van der Waals surface area (Å²) in [6, 6.07) is 7.15. The Morgan fingerprint density at radius 1 is 1.20 bits per heavy atom. The fourth-order valence-electron chi connectivity index (χ4n) is 2.73. The Labute approximate surface area is 121 Å². The maximum absolute atomic E-state index is 12.7. The van der Waals surface area contributed by atoms with Gasteiger partial charge in [0.15, 0.2) is 0 Å². The standard InChI is InChI=1S/C16H25O3P/c1-2-3-13-19-14-9-11-16(12-10-14)20(17,18)15-7-5-4-6-8-15/h9-12,15H,2-8,13H2,1H3,(H,17,18). The monoisotopic (exact) mass is 296 g/mol. The summed E-state index contributed by atoms with van der Waals surface area (Å²) in [6.45, 7) is 2.83. The van der Waals surface area contributed by atoms with Crippen molar-refractivity contribution < 1.29 is 14.2 Å². The van der Waals surface area contributed by atoms with E-state index < -0.39 is 7.37 Å². The first-order valence-electron chi connectivity index (χ1n) is 7.70. The summed E-state index contributed by atoms with van der Waals surface area (Å²) in [4.78, 5) is 10.4.